The Morgan fingerprint density at radius 2 is 1.90 bits per heavy atom. The lowest BCUT2D eigenvalue weighted by Crippen LogP contribution is -2.19. The second kappa shape index (κ2) is 10.2. The number of methoxy groups -OCH3 is 1. The van der Waals surface area contributed by atoms with Crippen molar-refractivity contribution in [2.75, 3.05) is 13.7 Å². The van der Waals surface area contributed by atoms with Gasteiger partial charge in [0.2, 0.25) is 0 Å². The molecule has 0 unspecified atom stereocenters. The number of unbranched alkanes of at least 4 members (excludes halogenated alkanes) is 1. The molecule has 3 rings (SSSR count). The van der Waals surface area contributed by atoms with E-state index in [2.05, 4.69) is 29.4 Å². The van der Waals surface area contributed by atoms with Crippen molar-refractivity contribution in [1.82, 2.24) is 5.32 Å². The van der Waals surface area contributed by atoms with Crippen LogP contribution in [0.2, 0.25) is 0 Å². The van der Waals surface area contributed by atoms with E-state index in [1.165, 1.54) is 30.2 Å². The molecule has 1 aliphatic heterocycles. The summed E-state index contributed by atoms with van der Waals surface area (Å²) in [4.78, 5) is 17.5. The molecule has 29 heavy (non-hydrogen) atoms. The van der Waals surface area contributed by atoms with Crippen LogP contribution in [0.4, 0.5) is 5.69 Å². The molecule has 1 aliphatic rings. The van der Waals surface area contributed by atoms with Crippen LogP contribution < -0.4 is 14.8 Å². The SMILES string of the molecule is CCCCc1ccc(N=C2NC(=O)C(=Cc3ccc(OCC)c(OC)c3)S2)cc1. The van der Waals surface area contributed by atoms with E-state index >= 15 is 0 Å². The van der Waals surface area contributed by atoms with Gasteiger partial charge in [0, 0.05) is 0 Å². The summed E-state index contributed by atoms with van der Waals surface area (Å²) in [6.07, 6.45) is 5.28. The van der Waals surface area contributed by atoms with Crippen molar-refractivity contribution < 1.29 is 14.3 Å². The molecule has 0 aromatic heterocycles. The molecule has 1 heterocycles. The number of hydrogen-bond donors (Lipinski definition) is 1. The summed E-state index contributed by atoms with van der Waals surface area (Å²) in [5, 5.41) is 3.42. The molecule has 0 bridgehead atoms. The second-order valence-corrected chi connectivity index (χ2v) is 7.63. The summed E-state index contributed by atoms with van der Waals surface area (Å²) < 4.78 is 10.9. The third kappa shape index (κ3) is 5.64. The van der Waals surface area contributed by atoms with Gasteiger partial charge in [0.05, 0.1) is 24.3 Å². The van der Waals surface area contributed by atoms with Crippen LogP contribution in [0, 0.1) is 0 Å². The summed E-state index contributed by atoms with van der Waals surface area (Å²) >= 11 is 1.33. The van der Waals surface area contributed by atoms with Gasteiger partial charge < -0.3 is 14.8 Å². The molecular formula is C23H26N2O3S. The number of rotatable bonds is 8. The zero-order valence-corrected chi connectivity index (χ0v) is 17.8. The van der Waals surface area contributed by atoms with Crippen LogP contribution in [-0.2, 0) is 11.2 Å². The molecule has 0 saturated carbocycles. The number of carbonyl (C=O) groups excluding carboxylic acids is 1. The predicted molar refractivity (Wildman–Crippen MR) is 120 cm³/mol. The van der Waals surface area contributed by atoms with E-state index in [1.807, 2.05) is 43.3 Å². The Morgan fingerprint density at radius 1 is 1.10 bits per heavy atom. The molecule has 1 N–H and O–H groups in total. The number of thioether (sulfide) groups is 1. The highest BCUT2D eigenvalue weighted by Gasteiger charge is 2.24. The first-order chi connectivity index (χ1) is 14.1. The largest absolute Gasteiger partial charge is 0.493 e. The first-order valence-electron chi connectivity index (χ1n) is 9.82. The molecule has 0 atom stereocenters. The minimum atomic E-state index is -0.152. The number of aliphatic imine (C=N–C) groups is 1. The minimum Gasteiger partial charge on any atom is -0.493 e. The van der Waals surface area contributed by atoms with Crippen LogP contribution in [0.25, 0.3) is 6.08 Å². The fourth-order valence-corrected chi connectivity index (χ4v) is 3.76. The van der Waals surface area contributed by atoms with Crippen LogP contribution in [0.1, 0.15) is 37.8 Å². The van der Waals surface area contributed by atoms with E-state index in [0.29, 0.717) is 28.2 Å². The smallest absolute Gasteiger partial charge is 0.264 e. The van der Waals surface area contributed by atoms with Crippen molar-refractivity contribution in [3.8, 4) is 11.5 Å². The third-order valence-electron chi connectivity index (χ3n) is 4.42. The lowest BCUT2D eigenvalue weighted by atomic mass is 10.1. The zero-order valence-electron chi connectivity index (χ0n) is 17.0. The first-order valence-corrected chi connectivity index (χ1v) is 10.6. The van der Waals surface area contributed by atoms with Crippen molar-refractivity contribution in [3.05, 3.63) is 58.5 Å². The summed E-state index contributed by atoms with van der Waals surface area (Å²) in [7, 11) is 1.60. The normalized spacial score (nSPS) is 16.3. The van der Waals surface area contributed by atoms with E-state index in [0.717, 1.165) is 17.7 Å². The standard InChI is InChI=1S/C23H26N2O3S/c1-4-6-7-16-8-11-18(12-9-16)24-23-25-22(26)21(29-23)15-17-10-13-19(28-5-2)20(14-17)27-3/h8-15H,4-7H2,1-3H3,(H,24,25,26). The maximum atomic E-state index is 12.3. The van der Waals surface area contributed by atoms with Crippen molar-refractivity contribution in [3.63, 3.8) is 0 Å². The van der Waals surface area contributed by atoms with E-state index in [1.54, 1.807) is 7.11 Å². The zero-order chi connectivity index (χ0) is 20.6. The molecule has 1 fully saturated rings. The monoisotopic (exact) mass is 410 g/mol. The number of amidine groups is 1. The van der Waals surface area contributed by atoms with Gasteiger partial charge in [-0.3, -0.25) is 4.79 Å². The predicted octanol–water partition coefficient (Wildman–Crippen LogP) is 5.33. The maximum Gasteiger partial charge on any atom is 0.264 e. The van der Waals surface area contributed by atoms with Crippen LogP contribution in [0.5, 0.6) is 11.5 Å². The van der Waals surface area contributed by atoms with E-state index in [9.17, 15) is 4.79 Å². The lowest BCUT2D eigenvalue weighted by Gasteiger charge is -2.09. The average Bonchev–Trinajstić information content (AvgIpc) is 3.07. The summed E-state index contributed by atoms with van der Waals surface area (Å²) in [5.74, 6) is 1.17. The highest BCUT2D eigenvalue weighted by molar-refractivity contribution is 8.18. The number of carbonyl (C=O) groups is 1. The van der Waals surface area contributed by atoms with Crippen molar-refractivity contribution in [1.29, 1.82) is 0 Å². The van der Waals surface area contributed by atoms with Crippen LogP contribution in [0.3, 0.4) is 0 Å². The van der Waals surface area contributed by atoms with E-state index in [4.69, 9.17) is 9.47 Å². The number of aryl methyl sites for hydroxylation is 1. The topological polar surface area (TPSA) is 59.9 Å². The van der Waals surface area contributed by atoms with Crippen LogP contribution >= 0.6 is 11.8 Å². The molecule has 0 spiro atoms. The highest BCUT2D eigenvalue weighted by atomic mass is 32.2. The number of ether oxygens (including phenoxy) is 2. The van der Waals surface area contributed by atoms with Gasteiger partial charge in [0.1, 0.15) is 0 Å². The van der Waals surface area contributed by atoms with Gasteiger partial charge >= 0.3 is 0 Å². The highest BCUT2D eigenvalue weighted by Crippen LogP contribution is 2.32. The van der Waals surface area contributed by atoms with Gasteiger partial charge in [-0.05, 0) is 73.0 Å². The Bertz CT molecular complexity index is 920. The van der Waals surface area contributed by atoms with E-state index in [-0.39, 0.29) is 5.91 Å². The van der Waals surface area contributed by atoms with Gasteiger partial charge in [-0.15, -0.1) is 0 Å². The third-order valence-corrected chi connectivity index (χ3v) is 5.33. The molecule has 6 heteroatoms. The molecule has 0 aliphatic carbocycles. The lowest BCUT2D eigenvalue weighted by molar-refractivity contribution is -0.115. The maximum absolute atomic E-state index is 12.3. The fraction of sp³-hybridized carbons (Fsp3) is 0.304. The molecule has 2 aromatic rings. The fourth-order valence-electron chi connectivity index (χ4n) is 2.92. The molecular weight excluding hydrogens is 384 g/mol. The van der Waals surface area contributed by atoms with Crippen molar-refractivity contribution in [2.24, 2.45) is 4.99 Å². The number of benzene rings is 2. The Balaban J connectivity index is 1.73. The molecule has 152 valence electrons. The van der Waals surface area contributed by atoms with E-state index < -0.39 is 0 Å². The number of nitrogens with one attached hydrogen (secondary N) is 1. The average molecular weight is 411 g/mol. The van der Waals surface area contributed by atoms with Crippen molar-refractivity contribution >= 4 is 34.6 Å². The van der Waals surface area contributed by atoms with Crippen LogP contribution in [-0.4, -0.2) is 24.8 Å². The van der Waals surface area contributed by atoms with Gasteiger partial charge in [0.15, 0.2) is 16.7 Å². The molecule has 0 radical (unpaired) electrons. The van der Waals surface area contributed by atoms with Gasteiger partial charge in [-0.2, -0.15) is 0 Å². The van der Waals surface area contributed by atoms with Gasteiger partial charge in [0.25, 0.3) is 5.91 Å². The summed E-state index contributed by atoms with van der Waals surface area (Å²) in [5.41, 5.74) is 3.01. The Hall–Kier alpha value is -2.73. The number of hydrogen-bond acceptors (Lipinski definition) is 5. The number of nitrogens with zero attached hydrogens (tertiary/aromatic N) is 1. The summed E-state index contributed by atoms with van der Waals surface area (Å²) in [6.45, 7) is 4.68. The Labute approximate surface area is 176 Å². The first kappa shape index (κ1) is 21.0. The Kier molecular flexibility index (Phi) is 7.36. The molecule has 5 nitrogen and oxygen atoms in total. The minimum absolute atomic E-state index is 0.152. The number of amides is 1. The van der Waals surface area contributed by atoms with Gasteiger partial charge in [-0.1, -0.05) is 31.5 Å². The summed E-state index contributed by atoms with van der Waals surface area (Å²) in [6, 6.07) is 13.8. The molecule has 1 amide bonds. The Morgan fingerprint density at radius 3 is 2.59 bits per heavy atom. The van der Waals surface area contributed by atoms with Crippen molar-refractivity contribution in [2.45, 2.75) is 33.1 Å². The molecule has 1 saturated heterocycles. The molecule has 2 aromatic carbocycles. The quantitative estimate of drug-likeness (QED) is 0.598. The van der Waals surface area contributed by atoms with Crippen LogP contribution in [0.15, 0.2) is 52.4 Å². The second-order valence-electron chi connectivity index (χ2n) is 6.60. The van der Waals surface area contributed by atoms with Gasteiger partial charge in [-0.25, -0.2) is 4.99 Å².